The van der Waals surface area contributed by atoms with E-state index in [0.717, 1.165) is 5.56 Å². The number of likely N-dealkylation sites (N-methyl/N-ethyl adjacent to an activating group) is 1. The summed E-state index contributed by atoms with van der Waals surface area (Å²) in [6.45, 7) is 2.88. The molecule has 1 aromatic rings. The third kappa shape index (κ3) is 6.43. The molecular formula is C15H20FNO3. The highest BCUT2D eigenvalue weighted by atomic mass is 19.1. The van der Waals surface area contributed by atoms with Crippen LogP contribution in [0.3, 0.4) is 0 Å². The molecule has 0 atom stereocenters. The van der Waals surface area contributed by atoms with Crippen molar-refractivity contribution in [3.05, 3.63) is 35.6 Å². The summed E-state index contributed by atoms with van der Waals surface area (Å²) in [6, 6.07) is 6.17. The van der Waals surface area contributed by atoms with Crippen molar-refractivity contribution in [1.82, 2.24) is 4.90 Å². The minimum Gasteiger partial charge on any atom is -0.466 e. The lowest BCUT2D eigenvalue weighted by Gasteiger charge is -2.15. The number of Topliss-reactive ketones (excluding diaryl/α,β-unsaturated/α-hetero) is 1. The molecule has 0 aliphatic rings. The first-order valence-corrected chi connectivity index (χ1v) is 6.61. The minimum absolute atomic E-state index is 0.0114. The fourth-order valence-corrected chi connectivity index (χ4v) is 1.81. The van der Waals surface area contributed by atoms with E-state index in [9.17, 15) is 14.0 Å². The lowest BCUT2D eigenvalue weighted by atomic mass is 10.2. The highest BCUT2D eigenvalue weighted by Gasteiger charge is 2.10. The van der Waals surface area contributed by atoms with Gasteiger partial charge in [0.15, 0.2) is 0 Å². The Morgan fingerprint density at radius 3 is 2.45 bits per heavy atom. The van der Waals surface area contributed by atoms with E-state index in [-0.39, 0.29) is 37.0 Å². The van der Waals surface area contributed by atoms with Gasteiger partial charge in [-0.25, -0.2) is 4.39 Å². The monoisotopic (exact) mass is 281 g/mol. The van der Waals surface area contributed by atoms with Gasteiger partial charge in [-0.1, -0.05) is 12.1 Å². The Labute approximate surface area is 118 Å². The van der Waals surface area contributed by atoms with Crippen LogP contribution in [0.15, 0.2) is 24.3 Å². The van der Waals surface area contributed by atoms with Crippen molar-refractivity contribution in [2.75, 3.05) is 20.2 Å². The van der Waals surface area contributed by atoms with Crippen molar-refractivity contribution in [3.8, 4) is 0 Å². The van der Waals surface area contributed by atoms with Gasteiger partial charge >= 0.3 is 5.97 Å². The van der Waals surface area contributed by atoms with Crippen LogP contribution >= 0.6 is 0 Å². The Balaban J connectivity index is 2.30. The lowest BCUT2D eigenvalue weighted by Crippen LogP contribution is -2.26. The van der Waals surface area contributed by atoms with E-state index in [4.69, 9.17) is 4.74 Å². The molecule has 110 valence electrons. The number of esters is 1. The van der Waals surface area contributed by atoms with Gasteiger partial charge in [0.25, 0.3) is 0 Å². The molecule has 0 N–H and O–H groups in total. The molecule has 0 heterocycles. The van der Waals surface area contributed by atoms with E-state index < -0.39 is 0 Å². The molecule has 0 aromatic heterocycles. The molecular weight excluding hydrogens is 261 g/mol. The molecule has 5 heteroatoms. The first-order valence-electron chi connectivity index (χ1n) is 6.61. The third-order valence-electron chi connectivity index (χ3n) is 2.73. The number of hydrogen-bond donors (Lipinski definition) is 0. The van der Waals surface area contributed by atoms with E-state index in [0.29, 0.717) is 13.2 Å². The Bertz CT molecular complexity index is 445. The molecule has 0 bridgehead atoms. The van der Waals surface area contributed by atoms with Crippen LogP contribution in [-0.4, -0.2) is 36.9 Å². The number of carbonyl (C=O) groups is 2. The molecule has 0 radical (unpaired) electrons. The summed E-state index contributed by atoms with van der Waals surface area (Å²) in [5, 5.41) is 0. The van der Waals surface area contributed by atoms with Crippen LogP contribution in [-0.2, 0) is 20.9 Å². The zero-order chi connectivity index (χ0) is 15.0. The second-order valence-electron chi connectivity index (χ2n) is 4.64. The largest absolute Gasteiger partial charge is 0.466 e. The van der Waals surface area contributed by atoms with Crippen molar-refractivity contribution in [2.45, 2.75) is 26.3 Å². The van der Waals surface area contributed by atoms with Crippen LogP contribution in [0.5, 0.6) is 0 Å². The first-order chi connectivity index (χ1) is 9.51. The van der Waals surface area contributed by atoms with Gasteiger partial charge in [0.05, 0.1) is 19.6 Å². The quantitative estimate of drug-likeness (QED) is 0.685. The summed E-state index contributed by atoms with van der Waals surface area (Å²) in [7, 11) is 1.81. The number of rotatable bonds is 8. The molecule has 0 aliphatic heterocycles. The van der Waals surface area contributed by atoms with Crippen LogP contribution in [0.4, 0.5) is 4.39 Å². The Hall–Kier alpha value is -1.75. The van der Waals surface area contributed by atoms with Crippen molar-refractivity contribution >= 4 is 11.8 Å². The lowest BCUT2D eigenvalue weighted by molar-refractivity contribution is -0.144. The van der Waals surface area contributed by atoms with Crippen molar-refractivity contribution < 1.29 is 18.7 Å². The number of ketones is 1. The summed E-state index contributed by atoms with van der Waals surface area (Å²) in [4.78, 5) is 24.7. The molecule has 0 saturated carbocycles. The van der Waals surface area contributed by atoms with Gasteiger partial charge in [0, 0.05) is 13.0 Å². The average molecular weight is 281 g/mol. The smallest absolute Gasteiger partial charge is 0.306 e. The van der Waals surface area contributed by atoms with E-state index >= 15 is 0 Å². The third-order valence-corrected chi connectivity index (χ3v) is 2.73. The van der Waals surface area contributed by atoms with Gasteiger partial charge in [-0.15, -0.1) is 0 Å². The highest BCUT2D eigenvalue weighted by Crippen LogP contribution is 2.06. The Kier molecular flexibility index (Phi) is 6.87. The van der Waals surface area contributed by atoms with Crippen molar-refractivity contribution in [2.24, 2.45) is 0 Å². The van der Waals surface area contributed by atoms with E-state index in [1.165, 1.54) is 12.1 Å². The minimum atomic E-state index is -0.345. The number of halogens is 1. The van der Waals surface area contributed by atoms with Gasteiger partial charge in [0.1, 0.15) is 11.6 Å². The maximum Gasteiger partial charge on any atom is 0.306 e. The molecule has 0 aliphatic carbocycles. The molecule has 20 heavy (non-hydrogen) atoms. The van der Waals surface area contributed by atoms with E-state index in [1.54, 1.807) is 19.1 Å². The molecule has 0 fully saturated rings. The maximum atomic E-state index is 12.8. The SMILES string of the molecule is CCOC(=O)CCC(=O)CN(C)Cc1ccc(F)cc1. The van der Waals surface area contributed by atoms with E-state index in [2.05, 4.69) is 0 Å². The van der Waals surface area contributed by atoms with Gasteiger partial charge in [0.2, 0.25) is 0 Å². The maximum absolute atomic E-state index is 12.8. The molecule has 4 nitrogen and oxygen atoms in total. The summed E-state index contributed by atoms with van der Waals surface area (Å²) < 4.78 is 17.5. The van der Waals surface area contributed by atoms with Crippen LogP contribution in [0, 0.1) is 5.82 Å². The standard InChI is InChI=1S/C15H20FNO3/c1-3-20-15(19)9-8-14(18)11-17(2)10-12-4-6-13(16)7-5-12/h4-7H,3,8-11H2,1-2H3. The Morgan fingerprint density at radius 2 is 1.85 bits per heavy atom. The molecule has 0 saturated heterocycles. The van der Waals surface area contributed by atoms with E-state index in [1.807, 2.05) is 11.9 Å². The topological polar surface area (TPSA) is 46.6 Å². The molecule has 1 aromatic carbocycles. The normalized spacial score (nSPS) is 10.6. The van der Waals surface area contributed by atoms with Crippen LogP contribution < -0.4 is 0 Å². The van der Waals surface area contributed by atoms with Gasteiger partial charge in [-0.05, 0) is 31.7 Å². The average Bonchev–Trinajstić information content (AvgIpc) is 2.39. The van der Waals surface area contributed by atoms with Crippen molar-refractivity contribution in [1.29, 1.82) is 0 Å². The number of hydrogen-bond acceptors (Lipinski definition) is 4. The fourth-order valence-electron chi connectivity index (χ4n) is 1.81. The molecule has 0 spiro atoms. The highest BCUT2D eigenvalue weighted by molar-refractivity contribution is 5.84. The second kappa shape index (κ2) is 8.43. The van der Waals surface area contributed by atoms with Crippen LogP contribution in [0.1, 0.15) is 25.3 Å². The first kappa shape index (κ1) is 16.3. The van der Waals surface area contributed by atoms with Crippen LogP contribution in [0.2, 0.25) is 0 Å². The van der Waals surface area contributed by atoms with Gasteiger partial charge < -0.3 is 4.74 Å². The summed E-state index contributed by atoms with van der Waals surface area (Å²) in [6.07, 6.45) is 0.309. The zero-order valence-electron chi connectivity index (χ0n) is 11.9. The molecule has 0 amide bonds. The summed E-state index contributed by atoms with van der Waals surface area (Å²) in [5.74, 6) is -0.633. The number of nitrogens with zero attached hydrogens (tertiary/aromatic N) is 1. The van der Waals surface area contributed by atoms with Gasteiger partial charge in [-0.2, -0.15) is 0 Å². The fraction of sp³-hybridized carbons (Fsp3) is 0.467. The second-order valence-corrected chi connectivity index (χ2v) is 4.64. The predicted molar refractivity (Wildman–Crippen MR) is 73.6 cm³/mol. The predicted octanol–water partition coefficient (Wildman–Crippen LogP) is 2.17. The number of carbonyl (C=O) groups excluding carboxylic acids is 2. The zero-order valence-corrected chi connectivity index (χ0v) is 11.9. The summed E-state index contributed by atoms with van der Waals surface area (Å²) in [5.41, 5.74) is 0.937. The summed E-state index contributed by atoms with van der Waals surface area (Å²) >= 11 is 0. The molecule has 0 unspecified atom stereocenters. The Morgan fingerprint density at radius 1 is 1.20 bits per heavy atom. The van der Waals surface area contributed by atoms with Gasteiger partial charge in [-0.3, -0.25) is 14.5 Å². The van der Waals surface area contributed by atoms with Crippen molar-refractivity contribution in [3.63, 3.8) is 0 Å². The number of ether oxygens (including phenoxy) is 1. The van der Waals surface area contributed by atoms with Crippen LogP contribution in [0.25, 0.3) is 0 Å². The number of benzene rings is 1. The molecule has 1 rings (SSSR count).